The maximum atomic E-state index is 11.4. The van der Waals surface area contributed by atoms with Crippen molar-refractivity contribution in [2.45, 2.75) is 17.7 Å². The van der Waals surface area contributed by atoms with Gasteiger partial charge in [-0.1, -0.05) is 12.1 Å². The minimum Gasteiger partial charge on any atom is -0.469 e. The van der Waals surface area contributed by atoms with Gasteiger partial charge in [0, 0.05) is 19.2 Å². The molecule has 0 spiro atoms. The third-order valence-electron chi connectivity index (χ3n) is 3.28. The number of carbonyl (C=O) groups excluding carboxylic acids is 1. The molecule has 0 N–H and O–H groups in total. The molecule has 108 valence electrons. The molecule has 1 aromatic rings. The number of ether oxygens (including phenoxy) is 1. The molecular formula is C13H16N2O4S. The lowest BCUT2D eigenvalue weighted by Crippen LogP contribution is -2.32. The standard InChI is InChI=1S/C13H16N2O4S/c1-19-13(16)10-6-8-14(9-7-10)20-12-5-3-2-4-11(12)15(17)18/h2-5,10H,6-9H2,1H3. The molecule has 1 fully saturated rings. The molecule has 0 aromatic heterocycles. The summed E-state index contributed by atoms with van der Waals surface area (Å²) in [5, 5.41) is 11.0. The van der Waals surface area contributed by atoms with E-state index in [1.807, 2.05) is 0 Å². The van der Waals surface area contributed by atoms with Crippen LogP contribution in [0.1, 0.15) is 12.8 Å². The maximum absolute atomic E-state index is 11.4. The summed E-state index contributed by atoms with van der Waals surface area (Å²) in [7, 11) is 1.40. The molecule has 7 heteroatoms. The molecule has 0 atom stereocenters. The van der Waals surface area contributed by atoms with Gasteiger partial charge in [0.2, 0.25) is 0 Å². The van der Waals surface area contributed by atoms with Crippen LogP contribution in [0.2, 0.25) is 0 Å². The van der Waals surface area contributed by atoms with Crippen LogP contribution in [0.15, 0.2) is 29.2 Å². The molecule has 1 heterocycles. The Hall–Kier alpha value is -1.60. The molecule has 1 saturated heterocycles. The second kappa shape index (κ2) is 6.71. The number of nitrogens with zero attached hydrogens (tertiary/aromatic N) is 2. The lowest BCUT2D eigenvalue weighted by atomic mass is 9.99. The van der Waals surface area contributed by atoms with E-state index in [4.69, 9.17) is 4.74 Å². The fraction of sp³-hybridized carbons (Fsp3) is 0.462. The van der Waals surface area contributed by atoms with Gasteiger partial charge in [-0.05, 0) is 30.9 Å². The van der Waals surface area contributed by atoms with Gasteiger partial charge >= 0.3 is 5.97 Å². The van der Waals surface area contributed by atoms with Gasteiger partial charge in [0.15, 0.2) is 0 Å². The van der Waals surface area contributed by atoms with Crippen molar-refractivity contribution in [3.05, 3.63) is 34.4 Å². The molecule has 0 radical (unpaired) electrons. The van der Waals surface area contributed by atoms with Gasteiger partial charge < -0.3 is 4.74 Å². The molecule has 6 nitrogen and oxygen atoms in total. The summed E-state index contributed by atoms with van der Waals surface area (Å²) in [6.07, 6.45) is 1.45. The first-order valence-corrected chi connectivity index (χ1v) is 7.13. The first kappa shape index (κ1) is 14.8. The van der Waals surface area contributed by atoms with E-state index in [1.54, 1.807) is 18.2 Å². The maximum Gasteiger partial charge on any atom is 0.308 e. The normalized spacial score (nSPS) is 16.9. The molecule has 0 aliphatic carbocycles. The lowest BCUT2D eigenvalue weighted by molar-refractivity contribution is -0.387. The Kier molecular flexibility index (Phi) is 4.97. The van der Waals surface area contributed by atoms with Gasteiger partial charge in [0.25, 0.3) is 5.69 Å². The van der Waals surface area contributed by atoms with E-state index < -0.39 is 0 Å². The zero-order valence-corrected chi connectivity index (χ0v) is 12.0. The number of benzene rings is 1. The molecule has 1 aliphatic rings. The van der Waals surface area contributed by atoms with Gasteiger partial charge in [-0.3, -0.25) is 14.9 Å². The Morgan fingerprint density at radius 2 is 2.05 bits per heavy atom. The quantitative estimate of drug-likeness (QED) is 0.368. The molecule has 0 amide bonds. The van der Waals surface area contributed by atoms with Gasteiger partial charge in [-0.25, -0.2) is 4.31 Å². The predicted octanol–water partition coefficient (Wildman–Crippen LogP) is 2.49. The highest BCUT2D eigenvalue weighted by molar-refractivity contribution is 7.97. The highest BCUT2D eigenvalue weighted by Gasteiger charge is 2.27. The Labute approximate surface area is 121 Å². The highest BCUT2D eigenvalue weighted by atomic mass is 32.2. The van der Waals surface area contributed by atoms with Crippen LogP contribution in [-0.2, 0) is 9.53 Å². The number of hydrogen-bond donors (Lipinski definition) is 0. The second-order valence-corrected chi connectivity index (χ2v) is 5.68. The van der Waals surface area contributed by atoms with Crippen LogP contribution in [0.5, 0.6) is 0 Å². The molecule has 2 rings (SSSR count). The van der Waals surface area contributed by atoms with Crippen molar-refractivity contribution in [2.24, 2.45) is 5.92 Å². The summed E-state index contributed by atoms with van der Waals surface area (Å²) < 4.78 is 6.80. The van der Waals surface area contributed by atoms with Crippen molar-refractivity contribution in [3.63, 3.8) is 0 Å². The van der Waals surface area contributed by atoms with Crippen molar-refractivity contribution in [1.29, 1.82) is 0 Å². The number of para-hydroxylation sites is 1. The fourth-order valence-corrected chi connectivity index (χ4v) is 3.22. The van der Waals surface area contributed by atoms with Crippen LogP contribution in [0, 0.1) is 16.0 Å². The van der Waals surface area contributed by atoms with Crippen molar-refractivity contribution < 1.29 is 14.5 Å². The van der Waals surface area contributed by atoms with Crippen LogP contribution in [0.3, 0.4) is 0 Å². The average molecular weight is 296 g/mol. The van der Waals surface area contributed by atoms with Crippen LogP contribution >= 0.6 is 11.9 Å². The number of hydrogen-bond acceptors (Lipinski definition) is 6. The number of nitro groups is 1. The largest absolute Gasteiger partial charge is 0.469 e. The Morgan fingerprint density at radius 1 is 1.40 bits per heavy atom. The summed E-state index contributed by atoms with van der Waals surface area (Å²) in [6.45, 7) is 1.44. The first-order chi connectivity index (χ1) is 9.61. The SMILES string of the molecule is COC(=O)C1CCN(Sc2ccccc2[N+](=O)[O-])CC1. The minimum absolute atomic E-state index is 0.0531. The molecule has 1 aliphatic heterocycles. The number of rotatable bonds is 4. The topological polar surface area (TPSA) is 72.7 Å². The smallest absolute Gasteiger partial charge is 0.308 e. The van der Waals surface area contributed by atoms with E-state index in [0.717, 1.165) is 25.9 Å². The number of nitro benzene ring substituents is 1. The number of esters is 1. The zero-order chi connectivity index (χ0) is 14.5. The molecule has 1 aromatic carbocycles. The van der Waals surface area contributed by atoms with Crippen molar-refractivity contribution in [1.82, 2.24) is 4.31 Å². The lowest BCUT2D eigenvalue weighted by Gasteiger charge is -2.29. The van der Waals surface area contributed by atoms with Crippen molar-refractivity contribution in [3.8, 4) is 0 Å². The third kappa shape index (κ3) is 3.49. The summed E-state index contributed by atoms with van der Waals surface area (Å²) in [5.41, 5.74) is 0.118. The summed E-state index contributed by atoms with van der Waals surface area (Å²) in [4.78, 5) is 22.7. The predicted molar refractivity (Wildman–Crippen MR) is 75.3 cm³/mol. The van der Waals surface area contributed by atoms with Crippen molar-refractivity contribution >= 4 is 23.6 Å². The van der Waals surface area contributed by atoms with Gasteiger partial charge in [-0.2, -0.15) is 0 Å². The average Bonchev–Trinajstić information content (AvgIpc) is 2.47. The summed E-state index contributed by atoms with van der Waals surface area (Å²) in [6, 6.07) is 6.70. The highest BCUT2D eigenvalue weighted by Crippen LogP contribution is 2.34. The van der Waals surface area contributed by atoms with E-state index in [0.29, 0.717) is 4.90 Å². The third-order valence-corrected chi connectivity index (χ3v) is 4.44. The summed E-state index contributed by atoms with van der Waals surface area (Å²) >= 11 is 1.38. The molecular weight excluding hydrogens is 280 g/mol. The molecule has 20 heavy (non-hydrogen) atoms. The Morgan fingerprint density at radius 3 is 2.65 bits per heavy atom. The molecule has 0 saturated carbocycles. The monoisotopic (exact) mass is 296 g/mol. The Balaban J connectivity index is 1.96. The number of piperidine rings is 1. The molecule has 0 bridgehead atoms. The summed E-state index contributed by atoms with van der Waals surface area (Å²) in [5.74, 6) is -0.219. The van der Waals surface area contributed by atoms with Gasteiger partial charge in [-0.15, -0.1) is 0 Å². The van der Waals surface area contributed by atoms with Crippen LogP contribution in [0.4, 0.5) is 5.69 Å². The number of carbonyl (C=O) groups is 1. The van der Waals surface area contributed by atoms with Crippen LogP contribution < -0.4 is 0 Å². The zero-order valence-electron chi connectivity index (χ0n) is 11.2. The first-order valence-electron chi connectivity index (χ1n) is 6.36. The van der Waals surface area contributed by atoms with Gasteiger partial charge in [0.1, 0.15) is 4.90 Å². The van der Waals surface area contributed by atoms with Crippen LogP contribution in [0.25, 0.3) is 0 Å². The van der Waals surface area contributed by atoms with Crippen LogP contribution in [-0.4, -0.2) is 35.4 Å². The number of methoxy groups -OCH3 is 1. The minimum atomic E-state index is -0.371. The van der Waals surface area contributed by atoms with E-state index in [-0.39, 0.29) is 22.5 Å². The van der Waals surface area contributed by atoms with E-state index in [2.05, 4.69) is 4.31 Å². The Bertz CT molecular complexity index is 501. The van der Waals surface area contributed by atoms with Gasteiger partial charge in [0.05, 0.1) is 18.0 Å². The fourth-order valence-electron chi connectivity index (χ4n) is 2.17. The van der Waals surface area contributed by atoms with E-state index in [9.17, 15) is 14.9 Å². The molecule has 0 unspecified atom stereocenters. The van der Waals surface area contributed by atoms with E-state index >= 15 is 0 Å². The van der Waals surface area contributed by atoms with Crippen molar-refractivity contribution in [2.75, 3.05) is 20.2 Å². The van der Waals surface area contributed by atoms with E-state index in [1.165, 1.54) is 25.1 Å². The second-order valence-electron chi connectivity index (χ2n) is 4.54.